The van der Waals surface area contributed by atoms with Gasteiger partial charge in [0.2, 0.25) is 0 Å². The molecule has 0 saturated carbocycles. The molecule has 7 nitrogen and oxygen atoms in total. The average Bonchev–Trinajstić information content (AvgIpc) is 2.71. The van der Waals surface area contributed by atoms with Gasteiger partial charge in [0.05, 0.1) is 14.2 Å². The Morgan fingerprint density at radius 2 is 1.69 bits per heavy atom. The molecule has 7 heteroatoms. The number of methoxy groups -OCH3 is 2. The van der Waals surface area contributed by atoms with Crippen LogP contribution in [0.5, 0.6) is 0 Å². The van der Waals surface area contributed by atoms with Crippen LogP contribution in [-0.4, -0.2) is 42.1 Å². The predicted molar refractivity (Wildman–Crippen MR) is 51.3 cm³/mol. The van der Waals surface area contributed by atoms with Gasteiger partial charge in [0.1, 0.15) is 11.3 Å². The van der Waals surface area contributed by atoms with Crippen molar-refractivity contribution in [2.24, 2.45) is 0 Å². The number of aromatic nitrogens is 2. The second kappa shape index (κ2) is 4.56. The standard InChI is InChI=1S/C9H10N2O5/c1-4(12)6-5(8(13)15-2)7(11-10-6)9(14)16-3/h1-3H3,(H,10,11). The van der Waals surface area contributed by atoms with Crippen LogP contribution < -0.4 is 0 Å². The summed E-state index contributed by atoms with van der Waals surface area (Å²) in [5.41, 5.74) is -0.548. The van der Waals surface area contributed by atoms with Crippen molar-refractivity contribution in [1.29, 1.82) is 0 Å². The van der Waals surface area contributed by atoms with Crippen LogP contribution in [0.25, 0.3) is 0 Å². The molecule has 1 N–H and O–H groups in total. The summed E-state index contributed by atoms with van der Waals surface area (Å²) in [5.74, 6) is -2.06. The number of H-pyrrole nitrogens is 1. The molecular weight excluding hydrogens is 216 g/mol. The lowest BCUT2D eigenvalue weighted by molar-refractivity contribution is 0.0551. The molecule has 0 amide bonds. The number of nitrogens with zero attached hydrogens (tertiary/aromatic N) is 1. The summed E-state index contributed by atoms with van der Waals surface area (Å²) in [6, 6.07) is 0. The summed E-state index contributed by atoms with van der Waals surface area (Å²) >= 11 is 0. The fraction of sp³-hybridized carbons (Fsp3) is 0.333. The summed E-state index contributed by atoms with van der Waals surface area (Å²) in [5, 5.41) is 5.85. The van der Waals surface area contributed by atoms with Crippen LogP contribution >= 0.6 is 0 Å². The van der Waals surface area contributed by atoms with Crippen LogP contribution in [0, 0.1) is 0 Å². The van der Waals surface area contributed by atoms with Gasteiger partial charge in [-0.3, -0.25) is 9.89 Å². The average molecular weight is 226 g/mol. The second-order valence-corrected chi connectivity index (χ2v) is 2.86. The lowest BCUT2D eigenvalue weighted by Gasteiger charge is -2.00. The number of nitrogens with one attached hydrogen (secondary N) is 1. The van der Waals surface area contributed by atoms with Crippen molar-refractivity contribution in [3.8, 4) is 0 Å². The maximum atomic E-state index is 11.4. The van der Waals surface area contributed by atoms with Gasteiger partial charge in [0.25, 0.3) is 0 Å². The molecule has 0 aromatic carbocycles. The van der Waals surface area contributed by atoms with E-state index in [0.717, 1.165) is 14.2 Å². The van der Waals surface area contributed by atoms with Gasteiger partial charge in [-0.25, -0.2) is 9.59 Å². The predicted octanol–water partition coefficient (Wildman–Crippen LogP) is 0.185. The fourth-order valence-corrected chi connectivity index (χ4v) is 1.15. The molecule has 0 fully saturated rings. The quantitative estimate of drug-likeness (QED) is 0.583. The van der Waals surface area contributed by atoms with Gasteiger partial charge in [-0.05, 0) is 0 Å². The van der Waals surface area contributed by atoms with E-state index < -0.39 is 17.7 Å². The third-order valence-electron chi connectivity index (χ3n) is 1.88. The fourth-order valence-electron chi connectivity index (χ4n) is 1.15. The van der Waals surface area contributed by atoms with E-state index in [-0.39, 0.29) is 17.0 Å². The van der Waals surface area contributed by atoms with Crippen LogP contribution in [0.3, 0.4) is 0 Å². The summed E-state index contributed by atoms with van der Waals surface area (Å²) in [4.78, 5) is 33.8. The molecule has 0 atom stereocenters. The van der Waals surface area contributed by atoms with E-state index in [1.165, 1.54) is 6.92 Å². The number of Topliss-reactive ketones (excluding diaryl/α,β-unsaturated/α-hetero) is 1. The number of ketones is 1. The van der Waals surface area contributed by atoms with Crippen molar-refractivity contribution in [3.05, 3.63) is 17.0 Å². The van der Waals surface area contributed by atoms with Crippen molar-refractivity contribution >= 4 is 17.7 Å². The lowest BCUT2D eigenvalue weighted by Crippen LogP contribution is -2.13. The Hall–Kier alpha value is -2.18. The Morgan fingerprint density at radius 3 is 2.12 bits per heavy atom. The highest BCUT2D eigenvalue weighted by molar-refractivity contribution is 6.09. The molecule has 0 bridgehead atoms. The number of carbonyl (C=O) groups excluding carboxylic acids is 3. The second-order valence-electron chi connectivity index (χ2n) is 2.86. The van der Waals surface area contributed by atoms with E-state index in [1.54, 1.807) is 0 Å². The van der Waals surface area contributed by atoms with Gasteiger partial charge in [-0.15, -0.1) is 0 Å². The zero-order valence-corrected chi connectivity index (χ0v) is 8.99. The number of carbonyl (C=O) groups is 3. The van der Waals surface area contributed by atoms with Crippen LogP contribution in [0.15, 0.2) is 0 Å². The molecule has 0 unspecified atom stereocenters. The maximum absolute atomic E-state index is 11.4. The van der Waals surface area contributed by atoms with E-state index in [4.69, 9.17) is 0 Å². The molecule has 0 aliphatic carbocycles. The highest BCUT2D eigenvalue weighted by Crippen LogP contribution is 2.14. The highest BCUT2D eigenvalue weighted by Gasteiger charge is 2.27. The molecular formula is C9H10N2O5. The van der Waals surface area contributed by atoms with E-state index in [2.05, 4.69) is 19.7 Å². The van der Waals surface area contributed by atoms with Crippen LogP contribution in [0.2, 0.25) is 0 Å². The Kier molecular flexibility index (Phi) is 3.39. The van der Waals surface area contributed by atoms with Gasteiger partial charge in [-0.2, -0.15) is 5.10 Å². The summed E-state index contributed by atoms with van der Waals surface area (Å²) in [6.07, 6.45) is 0. The third kappa shape index (κ3) is 1.92. The minimum absolute atomic E-state index is 0.146. The molecule has 1 rings (SSSR count). The number of ether oxygens (including phenoxy) is 2. The third-order valence-corrected chi connectivity index (χ3v) is 1.88. The Bertz CT molecular complexity index is 449. The Balaban J connectivity index is 3.36. The van der Waals surface area contributed by atoms with Gasteiger partial charge in [0, 0.05) is 6.92 Å². The minimum atomic E-state index is -0.820. The molecule has 1 aromatic rings. The molecule has 0 saturated heterocycles. The van der Waals surface area contributed by atoms with Crippen molar-refractivity contribution in [2.45, 2.75) is 6.92 Å². The molecule has 86 valence electrons. The van der Waals surface area contributed by atoms with E-state index in [1.807, 2.05) is 0 Å². The molecule has 0 aliphatic rings. The zero-order chi connectivity index (χ0) is 12.3. The molecule has 0 spiro atoms. The first-order valence-corrected chi connectivity index (χ1v) is 4.28. The summed E-state index contributed by atoms with van der Waals surface area (Å²) < 4.78 is 8.90. The van der Waals surface area contributed by atoms with Crippen molar-refractivity contribution in [1.82, 2.24) is 10.2 Å². The maximum Gasteiger partial charge on any atom is 0.357 e. The van der Waals surface area contributed by atoms with Gasteiger partial charge in [0.15, 0.2) is 11.5 Å². The number of esters is 2. The number of rotatable bonds is 3. The first-order valence-electron chi connectivity index (χ1n) is 4.28. The zero-order valence-electron chi connectivity index (χ0n) is 8.99. The SMILES string of the molecule is COC(=O)c1[nH]nc(C(C)=O)c1C(=O)OC. The molecule has 0 aliphatic heterocycles. The van der Waals surface area contributed by atoms with Crippen LogP contribution in [-0.2, 0) is 9.47 Å². The molecule has 1 aromatic heterocycles. The van der Waals surface area contributed by atoms with Crippen molar-refractivity contribution in [2.75, 3.05) is 14.2 Å². The van der Waals surface area contributed by atoms with Gasteiger partial charge >= 0.3 is 11.9 Å². The Morgan fingerprint density at radius 1 is 1.12 bits per heavy atom. The summed E-state index contributed by atoms with van der Waals surface area (Å²) in [6.45, 7) is 1.23. The Labute approximate surface area is 90.7 Å². The lowest BCUT2D eigenvalue weighted by atomic mass is 10.1. The van der Waals surface area contributed by atoms with Gasteiger partial charge < -0.3 is 9.47 Å². The molecule has 16 heavy (non-hydrogen) atoms. The van der Waals surface area contributed by atoms with Crippen LogP contribution in [0.1, 0.15) is 38.3 Å². The normalized spacial score (nSPS) is 9.69. The van der Waals surface area contributed by atoms with E-state index >= 15 is 0 Å². The van der Waals surface area contributed by atoms with Gasteiger partial charge in [-0.1, -0.05) is 0 Å². The monoisotopic (exact) mass is 226 g/mol. The largest absolute Gasteiger partial charge is 0.465 e. The topological polar surface area (TPSA) is 98.4 Å². The molecule has 0 radical (unpaired) electrons. The number of hydrogen-bond acceptors (Lipinski definition) is 6. The first-order chi connectivity index (χ1) is 7.52. The minimum Gasteiger partial charge on any atom is -0.465 e. The van der Waals surface area contributed by atoms with E-state index in [0.29, 0.717) is 0 Å². The summed E-state index contributed by atoms with van der Waals surface area (Å²) in [7, 11) is 2.29. The van der Waals surface area contributed by atoms with Crippen molar-refractivity contribution in [3.63, 3.8) is 0 Å². The highest BCUT2D eigenvalue weighted by atomic mass is 16.5. The smallest absolute Gasteiger partial charge is 0.357 e. The van der Waals surface area contributed by atoms with E-state index in [9.17, 15) is 14.4 Å². The first kappa shape index (κ1) is 11.9. The van der Waals surface area contributed by atoms with Crippen molar-refractivity contribution < 1.29 is 23.9 Å². The number of aromatic amines is 1. The molecule has 1 heterocycles. The number of hydrogen-bond donors (Lipinski definition) is 1. The van der Waals surface area contributed by atoms with Crippen LogP contribution in [0.4, 0.5) is 0 Å².